The number of hydrogen-bond acceptors (Lipinski definition) is 2. The summed E-state index contributed by atoms with van der Waals surface area (Å²) < 4.78 is 0. The normalized spacial score (nSPS) is 29.6. The van der Waals surface area contributed by atoms with Gasteiger partial charge >= 0.3 is 0 Å². The number of rotatable bonds is 0. The molecule has 0 spiro atoms. The van der Waals surface area contributed by atoms with E-state index in [-0.39, 0.29) is 6.04 Å². The molecule has 0 aromatic rings. The third kappa shape index (κ3) is 1.04. The molecule has 14 heavy (non-hydrogen) atoms. The fourth-order valence-corrected chi connectivity index (χ4v) is 2.51. The van der Waals surface area contributed by atoms with Gasteiger partial charge in [0.25, 0.3) is 0 Å². The highest BCUT2D eigenvalue weighted by atomic mass is 14.9. The predicted molar refractivity (Wildman–Crippen MR) is 58.1 cm³/mol. The molecule has 3 rings (SSSR count). The molecule has 1 aliphatic heterocycles. The van der Waals surface area contributed by atoms with Gasteiger partial charge in [-0.3, -0.25) is 4.99 Å². The Morgan fingerprint density at radius 3 is 3.21 bits per heavy atom. The van der Waals surface area contributed by atoms with Crippen LogP contribution >= 0.6 is 0 Å². The van der Waals surface area contributed by atoms with Gasteiger partial charge in [0.1, 0.15) is 0 Å². The van der Waals surface area contributed by atoms with Crippen LogP contribution in [0.2, 0.25) is 0 Å². The van der Waals surface area contributed by atoms with Crippen molar-refractivity contribution in [2.45, 2.75) is 31.7 Å². The molecule has 0 bridgehead atoms. The van der Waals surface area contributed by atoms with Crippen LogP contribution in [0.25, 0.3) is 0 Å². The molecule has 72 valence electrons. The van der Waals surface area contributed by atoms with Gasteiger partial charge in [-0.05, 0) is 42.9 Å². The Morgan fingerprint density at radius 1 is 1.36 bits per heavy atom. The topological polar surface area (TPSA) is 38.4 Å². The molecule has 1 fully saturated rings. The van der Waals surface area contributed by atoms with Crippen LogP contribution in [0.4, 0.5) is 0 Å². The number of nitrogens with two attached hydrogens (primary N) is 1. The summed E-state index contributed by atoms with van der Waals surface area (Å²) in [6, 6.07) is 0.178. The first-order chi connectivity index (χ1) is 6.86. The van der Waals surface area contributed by atoms with Gasteiger partial charge in [0.15, 0.2) is 0 Å². The first-order valence-corrected chi connectivity index (χ1v) is 5.30. The monoisotopic (exact) mass is 186 g/mol. The number of allylic oxidation sites excluding steroid dienone is 4. The SMILES string of the molecule is NC1CCCC2=C3CC=CC=C3N=C21. The van der Waals surface area contributed by atoms with E-state index >= 15 is 0 Å². The van der Waals surface area contributed by atoms with E-state index in [0.717, 1.165) is 18.5 Å². The summed E-state index contributed by atoms with van der Waals surface area (Å²) >= 11 is 0. The number of hydrogen-bond donors (Lipinski definition) is 1. The molecular formula is C12H14N2. The highest BCUT2D eigenvalue weighted by molar-refractivity contribution is 6.09. The van der Waals surface area contributed by atoms with Gasteiger partial charge in [0, 0.05) is 6.04 Å². The van der Waals surface area contributed by atoms with Crippen molar-refractivity contribution >= 4 is 5.71 Å². The third-order valence-corrected chi connectivity index (χ3v) is 3.23. The molecule has 1 saturated carbocycles. The minimum absolute atomic E-state index is 0.178. The highest BCUT2D eigenvalue weighted by Gasteiger charge is 2.29. The largest absolute Gasteiger partial charge is 0.323 e. The first-order valence-electron chi connectivity index (χ1n) is 5.30. The highest BCUT2D eigenvalue weighted by Crippen LogP contribution is 2.36. The maximum atomic E-state index is 6.06. The summed E-state index contributed by atoms with van der Waals surface area (Å²) in [5, 5.41) is 0. The standard InChI is InChI=1S/C12H14N2/c13-10-6-3-5-9-8-4-1-2-7-11(8)14-12(9)10/h1-2,7,10H,3-6,13H2. The van der Waals surface area contributed by atoms with E-state index in [4.69, 9.17) is 5.73 Å². The lowest BCUT2D eigenvalue weighted by Gasteiger charge is -2.21. The van der Waals surface area contributed by atoms with Gasteiger partial charge in [0.05, 0.1) is 11.4 Å². The van der Waals surface area contributed by atoms with Gasteiger partial charge in [0.2, 0.25) is 0 Å². The van der Waals surface area contributed by atoms with E-state index in [2.05, 4.69) is 23.2 Å². The molecule has 2 N–H and O–H groups in total. The van der Waals surface area contributed by atoms with Gasteiger partial charge < -0.3 is 5.73 Å². The number of nitrogens with zero attached hydrogens (tertiary/aromatic N) is 1. The summed E-state index contributed by atoms with van der Waals surface area (Å²) in [6.07, 6.45) is 10.9. The van der Waals surface area contributed by atoms with Crippen LogP contribution in [-0.4, -0.2) is 11.8 Å². The predicted octanol–water partition coefficient (Wildman–Crippen LogP) is 2.09. The molecule has 2 aliphatic carbocycles. The van der Waals surface area contributed by atoms with Crippen molar-refractivity contribution in [3.63, 3.8) is 0 Å². The van der Waals surface area contributed by atoms with E-state index in [1.54, 1.807) is 0 Å². The molecule has 3 aliphatic rings. The van der Waals surface area contributed by atoms with Crippen molar-refractivity contribution in [3.05, 3.63) is 35.1 Å². The molecule has 1 heterocycles. The lowest BCUT2D eigenvalue weighted by atomic mass is 9.86. The Bertz CT molecular complexity index is 397. The second kappa shape index (κ2) is 2.92. The number of fused-ring (bicyclic) bond motifs is 2. The van der Waals surface area contributed by atoms with Crippen molar-refractivity contribution in [1.82, 2.24) is 0 Å². The van der Waals surface area contributed by atoms with E-state index < -0.39 is 0 Å². The van der Waals surface area contributed by atoms with Crippen LogP contribution in [0.5, 0.6) is 0 Å². The Morgan fingerprint density at radius 2 is 2.29 bits per heavy atom. The van der Waals surface area contributed by atoms with E-state index in [1.807, 2.05) is 0 Å². The molecule has 0 aromatic heterocycles. The Kier molecular flexibility index (Phi) is 1.71. The van der Waals surface area contributed by atoms with Crippen LogP contribution in [-0.2, 0) is 0 Å². The zero-order valence-corrected chi connectivity index (χ0v) is 8.16. The molecule has 0 saturated heterocycles. The van der Waals surface area contributed by atoms with Crippen LogP contribution < -0.4 is 5.73 Å². The zero-order valence-electron chi connectivity index (χ0n) is 8.16. The fraction of sp³-hybridized carbons (Fsp3) is 0.417. The summed E-state index contributed by atoms with van der Waals surface area (Å²) in [5.41, 5.74) is 11.3. The lowest BCUT2D eigenvalue weighted by Crippen LogP contribution is -2.34. The van der Waals surface area contributed by atoms with Crippen LogP contribution in [0.3, 0.4) is 0 Å². The van der Waals surface area contributed by atoms with Crippen molar-refractivity contribution in [2.75, 3.05) is 0 Å². The maximum absolute atomic E-state index is 6.06. The van der Waals surface area contributed by atoms with E-state index in [0.29, 0.717) is 0 Å². The van der Waals surface area contributed by atoms with Crippen molar-refractivity contribution < 1.29 is 0 Å². The molecule has 2 nitrogen and oxygen atoms in total. The molecule has 0 aromatic carbocycles. The zero-order chi connectivity index (χ0) is 9.54. The summed E-state index contributed by atoms with van der Waals surface area (Å²) in [4.78, 5) is 4.64. The fourth-order valence-electron chi connectivity index (χ4n) is 2.51. The molecule has 0 radical (unpaired) electrons. The van der Waals surface area contributed by atoms with Gasteiger partial charge in [-0.2, -0.15) is 0 Å². The molecule has 1 unspecified atom stereocenters. The minimum atomic E-state index is 0.178. The van der Waals surface area contributed by atoms with Crippen molar-refractivity contribution in [1.29, 1.82) is 0 Å². The van der Waals surface area contributed by atoms with Crippen LogP contribution in [0, 0.1) is 0 Å². The Balaban J connectivity index is 2.10. The second-order valence-corrected chi connectivity index (χ2v) is 4.14. The van der Waals surface area contributed by atoms with E-state index in [9.17, 15) is 0 Å². The Labute approximate surface area is 83.9 Å². The summed E-state index contributed by atoms with van der Waals surface area (Å²) in [7, 11) is 0. The second-order valence-electron chi connectivity index (χ2n) is 4.14. The first kappa shape index (κ1) is 8.18. The van der Waals surface area contributed by atoms with Gasteiger partial charge in [-0.15, -0.1) is 0 Å². The van der Waals surface area contributed by atoms with Crippen LogP contribution in [0.1, 0.15) is 25.7 Å². The average molecular weight is 186 g/mol. The van der Waals surface area contributed by atoms with Crippen molar-refractivity contribution in [2.24, 2.45) is 10.7 Å². The smallest absolute Gasteiger partial charge is 0.0672 e. The Hall–Kier alpha value is -1.15. The molecule has 2 heteroatoms. The summed E-state index contributed by atoms with van der Waals surface area (Å²) in [6.45, 7) is 0. The molecule has 1 atom stereocenters. The number of aliphatic imine (C=N–C) groups is 1. The molecular weight excluding hydrogens is 172 g/mol. The summed E-state index contributed by atoms with van der Waals surface area (Å²) in [5.74, 6) is 0. The van der Waals surface area contributed by atoms with Crippen molar-refractivity contribution in [3.8, 4) is 0 Å². The van der Waals surface area contributed by atoms with Gasteiger partial charge in [-0.25, -0.2) is 0 Å². The lowest BCUT2D eigenvalue weighted by molar-refractivity contribution is 0.659. The quantitative estimate of drug-likeness (QED) is 0.618. The average Bonchev–Trinajstić information content (AvgIpc) is 2.59. The third-order valence-electron chi connectivity index (χ3n) is 3.23. The molecule has 0 amide bonds. The maximum Gasteiger partial charge on any atom is 0.0672 e. The van der Waals surface area contributed by atoms with Gasteiger partial charge in [-0.1, -0.05) is 12.2 Å². The van der Waals surface area contributed by atoms with E-state index in [1.165, 1.54) is 29.7 Å². The van der Waals surface area contributed by atoms with Crippen LogP contribution in [0.15, 0.2) is 40.1 Å². The minimum Gasteiger partial charge on any atom is -0.323 e.